The van der Waals surface area contributed by atoms with Gasteiger partial charge in [-0.1, -0.05) is 24.3 Å². The van der Waals surface area contributed by atoms with Crippen molar-refractivity contribution in [2.75, 3.05) is 33.4 Å². The van der Waals surface area contributed by atoms with Crippen LogP contribution >= 0.6 is 0 Å². The Morgan fingerprint density at radius 1 is 0.762 bits per heavy atom. The van der Waals surface area contributed by atoms with Crippen LogP contribution in [0.5, 0.6) is 17.2 Å². The third-order valence-corrected chi connectivity index (χ3v) is 8.22. The Labute approximate surface area is 246 Å². The molecule has 4 aliphatic rings. The summed E-state index contributed by atoms with van der Waals surface area (Å²) in [5, 5.41) is 0. The number of unbranched alkanes of at least 4 members (excludes halogenated alkanes) is 2. The average Bonchev–Trinajstić information content (AvgIpc) is 3.48. The van der Waals surface area contributed by atoms with Crippen LogP contribution in [0.3, 0.4) is 0 Å². The maximum atomic E-state index is 13.1. The van der Waals surface area contributed by atoms with Crippen molar-refractivity contribution in [2.45, 2.75) is 51.1 Å². The highest BCUT2D eigenvalue weighted by Crippen LogP contribution is 2.39. The highest BCUT2D eigenvalue weighted by molar-refractivity contribution is 6.04. The molecule has 4 heterocycles. The van der Waals surface area contributed by atoms with Gasteiger partial charge in [0, 0.05) is 37.7 Å². The van der Waals surface area contributed by atoms with E-state index in [1.54, 1.807) is 24.1 Å². The number of carbonyl (C=O) groups is 2. The molecule has 0 radical (unpaired) electrons. The lowest BCUT2D eigenvalue weighted by molar-refractivity contribution is 0.0770. The smallest absolute Gasteiger partial charge is 0.257 e. The van der Waals surface area contributed by atoms with Gasteiger partial charge in [0.15, 0.2) is 11.5 Å². The quantitative estimate of drug-likeness (QED) is 0.290. The second-order valence-corrected chi connectivity index (χ2v) is 11.4. The topological polar surface area (TPSA) is 93.0 Å². The first-order chi connectivity index (χ1) is 20.3. The molecular weight excluding hydrogens is 532 g/mol. The molecule has 2 fully saturated rings. The van der Waals surface area contributed by atoms with Crippen molar-refractivity contribution in [3.05, 3.63) is 65.3 Å². The molecule has 0 spiro atoms. The van der Waals surface area contributed by atoms with Gasteiger partial charge in [-0.05, 0) is 56.7 Å². The molecule has 0 aliphatic carbocycles. The minimum Gasteiger partial charge on any atom is -0.493 e. The van der Waals surface area contributed by atoms with E-state index >= 15 is 0 Å². The van der Waals surface area contributed by atoms with Gasteiger partial charge in [0.1, 0.15) is 5.75 Å². The molecule has 2 saturated heterocycles. The fourth-order valence-electron chi connectivity index (χ4n) is 5.97. The van der Waals surface area contributed by atoms with E-state index in [0.717, 1.165) is 54.6 Å². The van der Waals surface area contributed by atoms with E-state index in [1.807, 2.05) is 36.4 Å². The number of amides is 2. The molecule has 0 N–H and O–H groups in total. The number of rotatable bonds is 9. The van der Waals surface area contributed by atoms with Crippen LogP contribution in [0.4, 0.5) is 11.4 Å². The molecule has 42 heavy (non-hydrogen) atoms. The molecule has 0 bridgehead atoms. The zero-order valence-electron chi connectivity index (χ0n) is 24.2. The highest BCUT2D eigenvalue weighted by atomic mass is 16.5. The lowest BCUT2D eigenvalue weighted by Gasteiger charge is -2.20. The van der Waals surface area contributed by atoms with Crippen molar-refractivity contribution in [3.8, 4) is 17.2 Å². The fraction of sp³-hybridized carbons (Fsp3) is 0.394. The normalized spacial score (nSPS) is 20.6. The number of methoxy groups -OCH3 is 1. The van der Waals surface area contributed by atoms with Gasteiger partial charge in [-0.2, -0.15) is 0 Å². The zero-order chi connectivity index (χ0) is 29.4. The molecule has 9 nitrogen and oxygen atoms in total. The van der Waals surface area contributed by atoms with Crippen molar-refractivity contribution in [3.63, 3.8) is 0 Å². The summed E-state index contributed by atoms with van der Waals surface area (Å²) in [6.07, 6.45) is 7.77. The van der Waals surface area contributed by atoms with Crippen molar-refractivity contribution in [2.24, 2.45) is 9.98 Å². The van der Waals surface area contributed by atoms with Gasteiger partial charge in [0.2, 0.25) is 0 Å². The third-order valence-electron chi connectivity index (χ3n) is 8.22. The summed E-state index contributed by atoms with van der Waals surface area (Å²) in [5.74, 6) is 1.77. The molecule has 2 atom stereocenters. The second-order valence-electron chi connectivity index (χ2n) is 11.4. The summed E-state index contributed by atoms with van der Waals surface area (Å²) in [6, 6.07) is 7.19. The molecule has 218 valence electrons. The van der Waals surface area contributed by atoms with Crippen LogP contribution < -0.4 is 14.2 Å². The van der Waals surface area contributed by atoms with E-state index in [0.29, 0.717) is 60.3 Å². The number of aryl methyl sites for hydroxylation is 1. The van der Waals surface area contributed by atoms with Crippen LogP contribution in [0, 0.1) is 6.92 Å². The molecule has 0 aromatic heterocycles. The van der Waals surface area contributed by atoms with Gasteiger partial charge in [-0.15, -0.1) is 0 Å². The number of hydrogen-bond acceptors (Lipinski definition) is 7. The molecule has 4 aliphatic heterocycles. The lowest BCUT2D eigenvalue weighted by Crippen LogP contribution is -2.35. The van der Waals surface area contributed by atoms with Gasteiger partial charge in [0.05, 0.1) is 54.9 Å². The molecule has 6 rings (SSSR count). The van der Waals surface area contributed by atoms with Crippen LogP contribution in [0.25, 0.3) is 0 Å². The van der Waals surface area contributed by atoms with Crippen molar-refractivity contribution >= 4 is 35.6 Å². The van der Waals surface area contributed by atoms with E-state index in [4.69, 9.17) is 14.2 Å². The first kappa shape index (κ1) is 27.8. The number of nitrogens with zero attached hydrogens (tertiary/aromatic N) is 4. The Balaban J connectivity index is 1.01. The number of fused-ring (bicyclic) bond motifs is 4. The number of ether oxygens (including phenoxy) is 3. The van der Waals surface area contributed by atoms with E-state index in [2.05, 4.69) is 23.1 Å². The van der Waals surface area contributed by atoms with Gasteiger partial charge in [0.25, 0.3) is 11.8 Å². The fourth-order valence-corrected chi connectivity index (χ4v) is 5.97. The Bertz CT molecular complexity index is 1530. The van der Waals surface area contributed by atoms with Gasteiger partial charge in [-0.3, -0.25) is 19.6 Å². The summed E-state index contributed by atoms with van der Waals surface area (Å²) < 4.78 is 17.7. The van der Waals surface area contributed by atoms with Crippen LogP contribution in [0.1, 0.15) is 58.4 Å². The molecule has 2 amide bonds. The van der Waals surface area contributed by atoms with Crippen LogP contribution in [0.15, 0.2) is 58.6 Å². The highest BCUT2D eigenvalue weighted by Gasteiger charge is 2.35. The number of aliphatic imine (C=N–C) groups is 2. The first-order valence-electron chi connectivity index (χ1n) is 14.5. The number of benzene rings is 2. The number of carbonyl (C=O) groups excluding carboxylic acids is 2. The summed E-state index contributed by atoms with van der Waals surface area (Å²) in [5.41, 5.74) is 5.38. The van der Waals surface area contributed by atoms with Crippen LogP contribution in [-0.2, 0) is 0 Å². The minimum atomic E-state index is -0.0641. The predicted octanol–water partition coefficient (Wildman–Crippen LogP) is 5.60. The number of hydrogen-bond donors (Lipinski definition) is 0. The zero-order valence-corrected chi connectivity index (χ0v) is 24.2. The Morgan fingerprint density at radius 3 is 1.86 bits per heavy atom. The predicted molar refractivity (Wildman–Crippen MR) is 162 cm³/mol. The second kappa shape index (κ2) is 11.5. The summed E-state index contributed by atoms with van der Waals surface area (Å²) in [4.78, 5) is 39.1. The maximum absolute atomic E-state index is 13.1. The van der Waals surface area contributed by atoms with Crippen molar-refractivity contribution in [1.82, 2.24) is 9.80 Å². The summed E-state index contributed by atoms with van der Waals surface area (Å²) >= 11 is 0. The minimum absolute atomic E-state index is 0.00284. The molecule has 9 heteroatoms. The Morgan fingerprint density at radius 2 is 1.29 bits per heavy atom. The molecule has 0 saturated carbocycles. The van der Waals surface area contributed by atoms with Gasteiger partial charge < -0.3 is 24.0 Å². The van der Waals surface area contributed by atoms with Crippen molar-refractivity contribution < 1.29 is 23.8 Å². The van der Waals surface area contributed by atoms with E-state index in [1.165, 1.54) is 0 Å². The van der Waals surface area contributed by atoms with Crippen LogP contribution in [0.2, 0.25) is 0 Å². The summed E-state index contributed by atoms with van der Waals surface area (Å²) in [7, 11) is 1.57. The lowest BCUT2D eigenvalue weighted by atomic mass is 10.1. The molecule has 0 unspecified atom stereocenters. The average molecular weight is 569 g/mol. The van der Waals surface area contributed by atoms with E-state index < -0.39 is 0 Å². The van der Waals surface area contributed by atoms with Gasteiger partial charge >= 0.3 is 0 Å². The standard InChI is InChI=1S/C33H36N4O5/c1-20-10-23-16-34-27-14-29(22(3)12-25(27)32(38)36(23)18-20)41-8-6-5-7-9-42-31-15-28-26(13-30(31)40-4)33(39)37-19-21(2)11-24(37)17-35-28/h12-17,23-24H,1-2,5-11,18-19H2,3-4H3/t23-,24-/m0/s1. The monoisotopic (exact) mass is 568 g/mol. The first-order valence-corrected chi connectivity index (χ1v) is 14.5. The molecular formula is C33H36N4O5. The van der Waals surface area contributed by atoms with E-state index in [9.17, 15) is 9.59 Å². The Hall–Kier alpha value is -4.40. The van der Waals surface area contributed by atoms with E-state index in [-0.39, 0.29) is 23.9 Å². The van der Waals surface area contributed by atoms with Crippen molar-refractivity contribution in [1.29, 1.82) is 0 Å². The third kappa shape index (κ3) is 5.31. The maximum Gasteiger partial charge on any atom is 0.257 e. The largest absolute Gasteiger partial charge is 0.493 e. The SMILES string of the molecule is C=C1C[C@H]2C=Nc3cc(OCCCCCOc4cc5c(cc4OC)C(=O)N4CC(=C)C[C@H]4C=N5)c(C)cc3C(=O)N2C1. The molecule has 2 aromatic rings. The van der Waals surface area contributed by atoms with Crippen LogP contribution in [-0.4, -0.2) is 79.5 Å². The molecule has 2 aromatic carbocycles. The van der Waals surface area contributed by atoms with Gasteiger partial charge in [-0.25, -0.2) is 0 Å². The Kier molecular flexibility index (Phi) is 7.58. The summed E-state index contributed by atoms with van der Waals surface area (Å²) in [6.45, 7) is 12.2.